The van der Waals surface area contributed by atoms with Gasteiger partial charge in [0.2, 0.25) is 0 Å². The molecule has 5 nitrogen and oxygen atoms in total. The van der Waals surface area contributed by atoms with Gasteiger partial charge >= 0.3 is 0 Å². The summed E-state index contributed by atoms with van der Waals surface area (Å²) in [7, 11) is 0. The number of nitrogens with zero attached hydrogens (tertiary/aromatic N) is 3. The molecule has 2 aromatic carbocycles. The molecular weight excluding hydrogens is 350 g/mol. The van der Waals surface area contributed by atoms with E-state index in [1.54, 1.807) is 0 Å². The van der Waals surface area contributed by atoms with Gasteiger partial charge in [-0.25, -0.2) is 0 Å². The number of amides is 1. The first-order valence-electron chi connectivity index (χ1n) is 9.54. The van der Waals surface area contributed by atoms with Crippen molar-refractivity contribution in [3.63, 3.8) is 0 Å². The van der Waals surface area contributed by atoms with Gasteiger partial charge in [0, 0.05) is 55.3 Å². The molecule has 0 aliphatic carbocycles. The van der Waals surface area contributed by atoms with E-state index in [0.717, 1.165) is 29.7 Å². The van der Waals surface area contributed by atoms with Crippen molar-refractivity contribution in [3.8, 4) is 5.69 Å². The van der Waals surface area contributed by atoms with Gasteiger partial charge in [0.05, 0.1) is 0 Å². The van der Waals surface area contributed by atoms with Gasteiger partial charge in [-0.05, 0) is 48.5 Å². The van der Waals surface area contributed by atoms with Crippen LogP contribution in [0.2, 0.25) is 0 Å². The fourth-order valence-corrected chi connectivity index (χ4v) is 3.75. The second-order valence-electron chi connectivity index (χ2n) is 7.03. The number of benzene rings is 2. The number of fused-ring (bicyclic) bond motifs is 1. The maximum Gasteiger partial charge on any atom is 0.289 e. The monoisotopic (exact) mass is 371 g/mol. The zero-order chi connectivity index (χ0) is 18.9. The SMILES string of the molecule is O=C(c1cc2ccccc2o1)N1CCN(c2ccc(-n3cccc3)cc2)CC1. The zero-order valence-corrected chi connectivity index (χ0v) is 15.5. The summed E-state index contributed by atoms with van der Waals surface area (Å²) in [5.74, 6) is 0.393. The molecule has 1 aliphatic heterocycles. The van der Waals surface area contributed by atoms with E-state index in [9.17, 15) is 4.79 Å². The Kier molecular flexibility index (Phi) is 4.13. The Morgan fingerprint density at radius 2 is 1.46 bits per heavy atom. The smallest absolute Gasteiger partial charge is 0.289 e. The molecule has 0 atom stereocenters. The number of hydrogen-bond donors (Lipinski definition) is 0. The fourth-order valence-electron chi connectivity index (χ4n) is 3.75. The van der Waals surface area contributed by atoms with Crippen LogP contribution in [0, 0.1) is 0 Å². The second-order valence-corrected chi connectivity index (χ2v) is 7.03. The van der Waals surface area contributed by atoms with Gasteiger partial charge < -0.3 is 18.8 Å². The topological polar surface area (TPSA) is 41.6 Å². The van der Waals surface area contributed by atoms with E-state index in [2.05, 4.69) is 33.7 Å². The van der Waals surface area contributed by atoms with Crippen molar-refractivity contribution in [1.29, 1.82) is 0 Å². The van der Waals surface area contributed by atoms with Gasteiger partial charge in [0.25, 0.3) is 5.91 Å². The van der Waals surface area contributed by atoms with Crippen molar-refractivity contribution in [2.75, 3.05) is 31.1 Å². The summed E-state index contributed by atoms with van der Waals surface area (Å²) in [5, 5.41) is 0.965. The number of carbonyl (C=O) groups excluding carboxylic acids is 1. The standard InChI is InChI=1S/C23H21N3O2/c27-23(22-17-18-5-1-2-6-21(18)28-22)26-15-13-25(14-16-26)20-9-7-19(8-10-20)24-11-3-4-12-24/h1-12,17H,13-16H2. The Morgan fingerprint density at radius 1 is 0.786 bits per heavy atom. The maximum atomic E-state index is 12.8. The number of piperazine rings is 1. The molecule has 0 N–H and O–H groups in total. The Hall–Kier alpha value is -3.47. The van der Waals surface area contributed by atoms with Crippen LogP contribution in [0.25, 0.3) is 16.7 Å². The summed E-state index contributed by atoms with van der Waals surface area (Å²) in [4.78, 5) is 17.0. The van der Waals surface area contributed by atoms with Crippen LogP contribution in [-0.4, -0.2) is 41.6 Å². The van der Waals surface area contributed by atoms with Crippen LogP contribution in [0.1, 0.15) is 10.6 Å². The minimum absolute atomic E-state index is 0.0289. The molecule has 1 aliphatic rings. The normalized spacial score (nSPS) is 14.6. The molecule has 5 heteroatoms. The first-order chi connectivity index (χ1) is 13.8. The van der Waals surface area contributed by atoms with E-state index in [-0.39, 0.29) is 5.91 Å². The summed E-state index contributed by atoms with van der Waals surface area (Å²) in [5.41, 5.74) is 3.09. The maximum absolute atomic E-state index is 12.8. The highest BCUT2D eigenvalue weighted by atomic mass is 16.3. The summed E-state index contributed by atoms with van der Waals surface area (Å²) in [6.45, 7) is 3.01. The van der Waals surface area contributed by atoms with Crippen LogP contribution in [-0.2, 0) is 0 Å². The van der Waals surface area contributed by atoms with Crippen LogP contribution in [0.5, 0.6) is 0 Å². The van der Waals surface area contributed by atoms with Crippen LogP contribution in [0.3, 0.4) is 0 Å². The Labute approximate surface area is 163 Å². The lowest BCUT2D eigenvalue weighted by Gasteiger charge is -2.35. The van der Waals surface area contributed by atoms with Crippen LogP contribution >= 0.6 is 0 Å². The van der Waals surface area contributed by atoms with Gasteiger partial charge in [-0.2, -0.15) is 0 Å². The Morgan fingerprint density at radius 3 is 2.18 bits per heavy atom. The molecule has 0 radical (unpaired) electrons. The lowest BCUT2D eigenvalue weighted by Crippen LogP contribution is -2.48. The van der Waals surface area contributed by atoms with E-state index in [1.807, 2.05) is 59.8 Å². The molecular formula is C23H21N3O2. The molecule has 140 valence electrons. The number of hydrogen-bond acceptors (Lipinski definition) is 3. The van der Waals surface area contributed by atoms with E-state index < -0.39 is 0 Å². The predicted molar refractivity (Wildman–Crippen MR) is 110 cm³/mol. The molecule has 28 heavy (non-hydrogen) atoms. The highest BCUT2D eigenvalue weighted by molar-refractivity contribution is 5.96. The van der Waals surface area contributed by atoms with Crippen LogP contribution in [0.15, 0.2) is 83.5 Å². The van der Waals surface area contributed by atoms with E-state index in [0.29, 0.717) is 18.8 Å². The van der Waals surface area contributed by atoms with Crippen molar-refractivity contribution in [1.82, 2.24) is 9.47 Å². The van der Waals surface area contributed by atoms with E-state index in [4.69, 9.17) is 4.42 Å². The molecule has 4 aromatic rings. The van der Waals surface area contributed by atoms with Gasteiger partial charge in [-0.1, -0.05) is 18.2 Å². The average molecular weight is 371 g/mol. The van der Waals surface area contributed by atoms with Crippen LogP contribution in [0.4, 0.5) is 5.69 Å². The van der Waals surface area contributed by atoms with Crippen molar-refractivity contribution in [2.24, 2.45) is 0 Å². The molecule has 5 rings (SSSR count). The Balaban J connectivity index is 1.25. The average Bonchev–Trinajstić information content (AvgIpc) is 3.43. The third-order valence-corrected chi connectivity index (χ3v) is 5.32. The van der Waals surface area contributed by atoms with Gasteiger partial charge in [0.15, 0.2) is 5.76 Å². The Bertz CT molecular complexity index is 1060. The van der Waals surface area contributed by atoms with Gasteiger partial charge in [-0.15, -0.1) is 0 Å². The summed E-state index contributed by atoms with van der Waals surface area (Å²) >= 11 is 0. The first kappa shape index (κ1) is 16.7. The highest BCUT2D eigenvalue weighted by Gasteiger charge is 2.24. The fraction of sp³-hybridized carbons (Fsp3) is 0.174. The van der Waals surface area contributed by atoms with Gasteiger partial charge in [0.1, 0.15) is 5.58 Å². The molecule has 0 saturated carbocycles. The van der Waals surface area contributed by atoms with Crippen molar-refractivity contribution in [3.05, 3.63) is 84.9 Å². The molecule has 1 fully saturated rings. The van der Waals surface area contributed by atoms with Gasteiger partial charge in [-0.3, -0.25) is 4.79 Å². The lowest BCUT2D eigenvalue weighted by atomic mass is 10.2. The number of carbonyl (C=O) groups is 1. The third-order valence-electron chi connectivity index (χ3n) is 5.32. The molecule has 0 bridgehead atoms. The number of para-hydroxylation sites is 1. The third kappa shape index (κ3) is 3.05. The second kappa shape index (κ2) is 6.93. The lowest BCUT2D eigenvalue weighted by molar-refractivity contribution is 0.0717. The quantitative estimate of drug-likeness (QED) is 0.542. The number of aromatic nitrogens is 1. The summed E-state index contributed by atoms with van der Waals surface area (Å²) in [6, 6.07) is 22.1. The van der Waals surface area contributed by atoms with Crippen LogP contribution < -0.4 is 4.90 Å². The molecule has 0 spiro atoms. The molecule has 2 aromatic heterocycles. The minimum atomic E-state index is -0.0289. The number of anilines is 1. The van der Waals surface area contributed by atoms with Crippen molar-refractivity contribution < 1.29 is 9.21 Å². The number of furan rings is 1. The first-order valence-corrected chi connectivity index (χ1v) is 9.54. The molecule has 3 heterocycles. The summed E-state index contributed by atoms with van der Waals surface area (Å²) < 4.78 is 7.83. The zero-order valence-electron chi connectivity index (χ0n) is 15.5. The molecule has 1 amide bonds. The molecule has 0 unspecified atom stereocenters. The number of rotatable bonds is 3. The van der Waals surface area contributed by atoms with Crippen molar-refractivity contribution >= 4 is 22.6 Å². The highest BCUT2D eigenvalue weighted by Crippen LogP contribution is 2.22. The largest absolute Gasteiger partial charge is 0.451 e. The van der Waals surface area contributed by atoms with E-state index in [1.165, 1.54) is 5.69 Å². The van der Waals surface area contributed by atoms with Crippen molar-refractivity contribution in [2.45, 2.75) is 0 Å². The molecule has 1 saturated heterocycles. The summed E-state index contributed by atoms with van der Waals surface area (Å²) in [6.07, 6.45) is 4.08. The van der Waals surface area contributed by atoms with E-state index >= 15 is 0 Å². The predicted octanol–water partition coefficient (Wildman–Crippen LogP) is 4.19. The minimum Gasteiger partial charge on any atom is -0.451 e.